The molecule has 218 valence electrons. The van der Waals surface area contributed by atoms with E-state index in [4.69, 9.17) is 33.7 Å². The molecule has 8 nitrogen and oxygen atoms in total. The van der Waals surface area contributed by atoms with Gasteiger partial charge < -0.3 is 26.4 Å². The van der Waals surface area contributed by atoms with Gasteiger partial charge in [0, 0.05) is 32.4 Å². The average Bonchev–Trinajstić information content (AvgIpc) is 2.98. The lowest BCUT2D eigenvalue weighted by Crippen LogP contribution is -2.55. The van der Waals surface area contributed by atoms with Crippen LogP contribution < -0.4 is 26.4 Å². The van der Waals surface area contributed by atoms with Crippen LogP contribution in [0.5, 0.6) is 5.75 Å². The highest BCUT2D eigenvalue weighted by Crippen LogP contribution is 2.23. The van der Waals surface area contributed by atoms with Crippen LogP contribution >= 0.6 is 23.2 Å². The maximum absolute atomic E-state index is 13.5. The van der Waals surface area contributed by atoms with Gasteiger partial charge in [-0.15, -0.1) is 0 Å². The Kier molecular flexibility index (Phi) is 12.5. The molecule has 41 heavy (non-hydrogen) atoms. The minimum absolute atomic E-state index is 0.165. The van der Waals surface area contributed by atoms with Gasteiger partial charge in [-0.25, -0.2) is 0 Å². The van der Waals surface area contributed by atoms with Crippen molar-refractivity contribution < 1.29 is 19.1 Å². The summed E-state index contributed by atoms with van der Waals surface area (Å²) in [5.74, 6) is -0.421. The van der Waals surface area contributed by atoms with Crippen LogP contribution in [-0.4, -0.2) is 36.4 Å². The van der Waals surface area contributed by atoms with Crippen molar-refractivity contribution in [3.05, 3.63) is 99.0 Å². The summed E-state index contributed by atoms with van der Waals surface area (Å²) in [7, 11) is 0. The lowest BCUT2D eigenvalue weighted by Gasteiger charge is -2.24. The Hall–Kier alpha value is -3.59. The fraction of sp³-hybridized carbons (Fsp3) is 0.323. The number of amides is 3. The molecule has 3 aromatic carbocycles. The number of carbonyl (C=O) groups excluding carboxylic acids is 3. The summed E-state index contributed by atoms with van der Waals surface area (Å²) in [5.41, 5.74) is 9.09. The van der Waals surface area contributed by atoms with E-state index in [0.717, 1.165) is 16.7 Å². The van der Waals surface area contributed by atoms with Crippen molar-refractivity contribution in [2.45, 2.75) is 58.3 Å². The quantitative estimate of drug-likeness (QED) is 0.220. The van der Waals surface area contributed by atoms with E-state index in [-0.39, 0.29) is 37.6 Å². The van der Waals surface area contributed by atoms with E-state index in [1.165, 1.54) is 0 Å². The van der Waals surface area contributed by atoms with Crippen molar-refractivity contribution in [1.82, 2.24) is 16.0 Å². The second-order valence-corrected chi connectivity index (χ2v) is 10.3. The number of nitrogens with one attached hydrogen (secondary N) is 3. The Labute approximate surface area is 250 Å². The third-order valence-corrected chi connectivity index (χ3v) is 7.17. The first-order chi connectivity index (χ1) is 19.7. The number of benzene rings is 3. The van der Waals surface area contributed by atoms with Gasteiger partial charge >= 0.3 is 0 Å². The molecule has 0 spiro atoms. The van der Waals surface area contributed by atoms with Gasteiger partial charge in [0.25, 0.3) is 0 Å². The molecule has 0 aliphatic rings. The maximum Gasteiger partial charge on any atom is 0.243 e. The summed E-state index contributed by atoms with van der Waals surface area (Å²) in [6, 6.07) is 18.1. The molecule has 2 atom stereocenters. The SMILES string of the molecule is CCOc1ccc(C[C@@H](NC(=O)CC)C(=O)N[C@@H](Cc2ccc(Cl)c(Cl)c2)C(=O)NCc2ccc(CN)cc2)cc1. The first kappa shape index (κ1) is 31.9. The van der Waals surface area contributed by atoms with Gasteiger partial charge in [-0.05, 0) is 53.4 Å². The number of carbonyl (C=O) groups is 3. The monoisotopic (exact) mass is 598 g/mol. The number of ether oxygens (including phenoxy) is 1. The number of hydrogen-bond acceptors (Lipinski definition) is 5. The molecular formula is C31H36Cl2N4O4. The van der Waals surface area contributed by atoms with Crippen LogP contribution in [0.15, 0.2) is 66.7 Å². The number of nitrogens with two attached hydrogens (primary N) is 1. The molecule has 0 radical (unpaired) electrons. The fourth-order valence-corrected chi connectivity index (χ4v) is 4.44. The van der Waals surface area contributed by atoms with E-state index in [1.807, 2.05) is 55.5 Å². The van der Waals surface area contributed by atoms with Crippen LogP contribution in [0.2, 0.25) is 10.0 Å². The van der Waals surface area contributed by atoms with Crippen LogP contribution in [0.3, 0.4) is 0 Å². The summed E-state index contributed by atoms with van der Waals surface area (Å²) < 4.78 is 5.50. The van der Waals surface area contributed by atoms with Crippen molar-refractivity contribution in [2.75, 3.05) is 6.61 Å². The molecular weight excluding hydrogens is 563 g/mol. The summed E-state index contributed by atoms with van der Waals surface area (Å²) in [6.07, 6.45) is 0.611. The zero-order valence-corrected chi connectivity index (χ0v) is 24.7. The fourth-order valence-electron chi connectivity index (χ4n) is 4.12. The summed E-state index contributed by atoms with van der Waals surface area (Å²) >= 11 is 12.3. The summed E-state index contributed by atoms with van der Waals surface area (Å²) in [4.78, 5) is 39.2. The van der Waals surface area contributed by atoms with Crippen LogP contribution in [0.1, 0.15) is 42.5 Å². The lowest BCUT2D eigenvalue weighted by atomic mass is 10.0. The first-order valence-corrected chi connectivity index (χ1v) is 14.3. The normalized spacial score (nSPS) is 12.2. The third kappa shape index (κ3) is 10.1. The van der Waals surface area contributed by atoms with Gasteiger partial charge in [0.15, 0.2) is 0 Å². The second-order valence-electron chi connectivity index (χ2n) is 9.51. The average molecular weight is 600 g/mol. The zero-order chi connectivity index (χ0) is 29.8. The van der Waals surface area contributed by atoms with Gasteiger partial charge in [-0.3, -0.25) is 14.4 Å². The first-order valence-electron chi connectivity index (χ1n) is 13.5. The predicted molar refractivity (Wildman–Crippen MR) is 162 cm³/mol. The number of halogens is 2. The van der Waals surface area contributed by atoms with Crippen LogP contribution in [0.4, 0.5) is 0 Å². The molecule has 0 fully saturated rings. The molecule has 0 bridgehead atoms. The maximum atomic E-state index is 13.5. The lowest BCUT2D eigenvalue weighted by molar-refractivity contribution is -0.132. The van der Waals surface area contributed by atoms with E-state index in [0.29, 0.717) is 34.5 Å². The molecule has 0 saturated carbocycles. The van der Waals surface area contributed by atoms with Crippen LogP contribution in [-0.2, 0) is 40.3 Å². The van der Waals surface area contributed by atoms with Gasteiger partial charge in [-0.1, -0.05) is 72.6 Å². The highest BCUT2D eigenvalue weighted by molar-refractivity contribution is 6.42. The minimum Gasteiger partial charge on any atom is -0.494 e. The molecule has 3 aromatic rings. The van der Waals surface area contributed by atoms with Crippen molar-refractivity contribution in [1.29, 1.82) is 0 Å². The van der Waals surface area contributed by atoms with Gasteiger partial charge in [0.05, 0.1) is 16.7 Å². The van der Waals surface area contributed by atoms with E-state index in [1.54, 1.807) is 25.1 Å². The minimum atomic E-state index is -0.940. The van der Waals surface area contributed by atoms with Crippen molar-refractivity contribution in [3.8, 4) is 5.75 Å². The molecule has 0 aliphatic carbocycles. The topological polar surface area (TPSA) is 123 Å². The van der Waals surface area contributed by atoms with E-state index >= 15 is 0 Å². The predicted octanol–water partition coefficient (Wildman–Crippen LogP) is 4.33. The van der Waals surface area contributed by atoms with E-state index in [9.17, 15) is 14.4 Å². The zero-order valence-electron chi connectivity index (χ0n) is 23.2. The molecule has 0 unspecified atom stereocenters. The van der Waals surface area contributed by atoms with Crippen molar-refractivity contribution >= 4 is 40.9 Å². The molecule has 3 amide bonds. The van der Waals surface area contributed by atoms with Crippen molar-refractivity contribution in [3.63, 3.8) is 0 Å². The molecule has 3 rings (SSSR count). The molecule has 0 aromatic heterocycles. The molecule has 5 N–H and O–H groups in total. The van der Waals surface area contributed by atoms with E-state index < -0.39 is 18.0 Å². The Bertz CT molecular complexity index is 1320. The van der Waals surface area contributed by atoms with Gasteiger partial charge in [0.2, 0.25) is 17.7 Å². The largest absolute Gasteiger partial charge is 0.494 e. The Morgan fingerprint density at radius 1 is 0.756 bits per heavy atom. The highest BCUT2D eigenvalue weighted by Gasteiger charge is 2.27. The van der Waals surface area contributed by atoms with E-state index in [2.05, 4.69) is 16.0 Å². The molecule has 0 heterocycles. The van der Waals surface area contributed by atoms with Gasteiger partial charge in [0.1, 0.15) is 17.8 Å². The Morgan fingerprint density at radius 3 is 1.95 bits per heavy atom. The smallest absolute Gasteiger partial charge is 0.243 e. The molecule has 10 heteroatoms. The standard InChI is InChI=1S/C31H36Cl2N4O4/c1-3-29(38)36-28(16-20-9-12-24(13-10-20)41-4-2)31(40)37-27(17-23-11-14-25(32)26(33)15-23)30(39)35-19-22-7-5-21(18-34)6-8-22/h5-15,27-28H,3-4,16-19,34H2,1-2H3,(H,35,39)(H,36,38)(H,37,40)/t27-,28+/m0/s1. The summed E-state index contributed by atoms with van der Waals surface area (Å²) in [5, 5.41) is 9.27. The third-order valence-electron chi connectivity index (χ3n) is 6.43. The van der Waals surface area contributed by atoms with Crippen LogP contribution in [0, 0.1) is 0 Å². The highest BCUT2D eigenvalue weighted by atomic mass is 35.5. The summed E-state index contributed by atoms with van der Waals surface area (Å²) in [6.45, 7) is 4.84. The van der Waals surface area contributed by atoms with Crippen molar-refractivity contribution in [2.24, 2.45) is 5.73 Å². The molecule has 0 saturated heterocycles. The second kappa shape index (κ2) is 16.0. The Balaban J connectivity index is 1.79. The van der Waals surface area contributed by atoms with Crippen LogP contribution in [0.25, 0.3) is 0 Å². The Morgan fingerprint density at radius 2 is 1.34 bits per heavy atom. The van der Waals surface area contributed by atoms with Gasteiger partial charge in [-0.2, -0.15) is 0 Å². The number of rotatable bonds is 14. The number of hydrogen-bond donors (Lipinski definition) is 4. The molecule has 0 aliphatic heterocycles.